The first kappa shape index (κ1) is 18.6. The molecule has 7 heteroatoms. The van der Waals surface area contributed by atoms with Crippen LogP contribution in [0, 0.1) is 0 Å². The minimum atomic E-state index is -3.58. The number of hydrogen-bond donors (Lipinski definition) is 2. The quantitative estimate of drug-likeness (QED) is 0.665. The van der Waals surface area contributed by atoms with E-state index in [4.69, 9.17) is 0 Å². The van der Waals surface area contributed by atoms with E-state index in [0.717, 1.165) is 41.6 Å². The number of aromatic nitrogens is 2. The summed E-state index contributed by atoms with van der Waals surface area (Å²) in [5.74, 6) is 0.508. The fourth-order valence-electron chi connectivity index (χ4n) is 3.45. The maximum Gasteiger partial charge on any atom is 0.241 e. The fraction of sp³-hybridized carbons (Fsp3) is 0.238. The third-order valence-corrected chi connectivity index (χ3v) is 6.47. The molecule has 2 aromatic carbocycles. The lowest BCUT2D eigenvalue weighted by atomic mass is 10.1. The lowest BCUT2D eigenvalue weighted by molar-refractivity contribution is 0.554. The van der Waals surface area contributed by atoms with E-state index in [2.05, 4.69) is 20.0 Å². The maximum atomic E-state index is 12.8. The smallest absolute Gasteiger partial charge is 0.241 e. The van der Waals surface area contributed by atoms with Gasteiger partial charge in [0.05, 0.1) is 4.90 Å². The topological polar surface area (TPSA) is 84.0 Å². The van der Waals surface area contributed by atoms with Crippen molar-refractivity contribution in [3.63, 3.8) is 0 Å². The molecule has 0 bridgehead atoms. The summed E-state index contributed by atoms with van der Waals surface area (Å²) in [5, 5.41) is 3.16. The van der Waals surface area contributed by atoms with Crippen LogP contribution in [0.4, 0.5) is 11.6 Å². The van der Waals surface area contributed by atoms with Crippen molar-refractivity contribution in [1.29, 1.82) is 0 Å². The molecule has 4 rings (SSSR count). The number of fused-ring (bicyclic) bond motifs is 1. The van der Waals surface area contributed by atoms with Crippen LogP contribution in [0.5, 0.6) is 0 Å². The Morgan fingerprint density at radius 1 is 1.07 bits per heavy atom. The molecule has 2 N–H and O–H groups in total. The minimum Gasteiger partial charge on any atom is -0.324 e. The second-order valence-electron chi connectivity index (χ2n) is 6.82. The monoisotopic (exact) mass is 394 g/mol. The first-order valence-electron chi connectivity index (χ1n) is 9.33. The predicted octanol–water partition coefficient (Wildman–Crippen LogP) is 3.75. The molecule has 28 heavy (non-hydrogen) atoms. The molecule has 0 radical (unpaired) electrons. The van der Waals surface area contributed by atoms with Gasteiger partial charge in [0.2, 0.25) is 16.0 Å². The minimum absolute atomic E-state index is 0.246. The molecule has 1 aromatic heterocycles. The summed E-state index contributed by atoms with van der Waals surface area (Å²) in [6.45, 7) is 2.04. The van der Waals surface area contributed by atoms with Gasteiger partial charge >= 0.3 is 0 Å². The van der Waals surface area contributed by atoms with Crippen molar-refractivity contribution < 1.29 is 8.42 Å². The zero-order chi connectivity index (χ0) is 19.6. The molecule has 0 saturated heterocycles. The molecule has 0 fully saturated rings. The molecule has 1 aliphatic carbocycles. The number of hydrogen-bond acceptors (Lipinski definition) is 5. The molecule has 0 spiro atoms. The van der Waals surface area contributed by atoms with Crippen LogP contribution in [-0.4, -0.2) is 18.4 Å². The third-order valence-electron chi connectivity index (χ3n) is 4.98. The Morgan fingerprint density at radius 3 is 2.54 bits per heavy atom. The van der Waals surface area contributed by atoms with Crippen LogP contribution < -0.4 is 10.0 Å². The average molecular weight is 395 g/mol. The van der Waals surface area contributed by atoms with Gasteiger partial charge in [0.1, 0.15) is 0 Å². The second kappa shape index (κ2) is 7.69. The number of benzene rings is 2. The van der Waals surface area contributed by atoms with Gasteiger partial charge < -0.3 is 5.32 Å². The largest absolute Gasteiger partial charge is 0.324 e. The van der Waals surface area contributed by atoms with E-state index in [9.17, 15) is 8.42 Å². The lowest BCUT2D eigenvalue weighted by Gasteiger charge is -2.16. The van der Waals surface area contributed by atoms with Crippen molar-refractivity contribution in [3.8, 4) is 0 Å². The Hall–Kier alpha value is -2.77. The van der Waals surface area contributed by atoms with Crippen molar-refractivity contribution in [2.45, 2.75) is 37.1 Å². The molecule has 1 unspecified atom stereocenters. The van der Waals surface area contributed by atoms with Gasteiger partial charge in [0.25, 0.3) is 0 Å². The fourth-order valence-corrected chi connectivity index (χ4v) is 4.70. The average Bonchev–Trinajstić information content (AvgIpc) is 3.10. The summed E-state index contributed by atoms with van der Waals surface area (Å²) in [4.78, 5) is 8.63. The van der Waals surface area contributed by atoms with E-state index < -0.39 is 10.0 Å². The number of nitrogens with zero attached hydrogens (tertiary/aromatic N) is 2. The Kier molecular flexibility index (Phi) is 5.11. The number of anilines is 2. The molecule has 6 nitrogen and oxygen atoms in total. The summed E-state index contributed by atoms with van der Waals surface area (Å²) in [5.41, 5.74) is 4.11. The van der Waals surface area contributed by atoms with E-state index >= 15 is 0 Å². The van der Waals surface area contributed by atoms with Gasteiger partial charge in [-0.05, 0) is 66.3 Å². The van der Waals surface area contributed by atoms with Crippen molar-refractivity contribution in [2.75, 3.05) is 5.32 Å². The Labute approximate surface area is 165 Å². The highest BCUT2D eigenvalue weighted by Gasteiger charge is 2.27. The molecule has 0 saturated carbocycles. The summed E-state index contributed by atoms with van der Waals surface area (Å²) in [6, 6.07) is 14.5. The molecule has 0 amide bonds. The van der Waals surface area contributed by atoms with Crippen LogP contribution >= 0.6 is 0 Å². The van der Waals surface area contributed by atoms with E-state index in [1.807, 2.05) is 37.3 Å². The molecule has 0 aliphatic heterocycles. The summed E-state index contributed by atoms with van der Waals surface area (Å²) in [6.07, 6.45) is 5.81. The van der Waals surface area contributed by atoms with E-state index in [0.29, 0.717) is 10.8 Å². The van der Waals surface area contributed by atoms with Gasteiger partial charge in [-0.2, -0.15) is 0 Å². The van der Waals surface area contributed by atoms with Crippen LogP contribution in [0.25, 0.3) is 0 Å². The molecular formula is C21H22N4O2S. The number of aryl methyl sites for hydroxylation is 2. The highest BCUT2D eigenvalue weighted by atomic mass is 32.2. The molecule has 1 atom stereocenters. The predicted molar refractivity (Wildman–Crippen MR) is 109 cm³/mol. The van der Waals surface area contributed by atoms with Gasteiger partial charge in [-0.25, -0.2) is 23.1 Å². The summed E-state index contributed by atoms with van der Waals surface area (Å²) < 4.78 is 28.5. The zero-order valence-corrected chi connectivity index (χ0v) is 16.4. The Morgan fingerprint density at radius 2 is 1.82 bits per heavy atom. The first-order chi connectivity index (χ1) is 13.5. The van der Waals surface area contributed by atoms with E-state index in [-0.39, 0.29) is 6.04 Å². The zero-order valence-electron chi connectivity index (χ0n) is 15.6. The highest BCUT2D eigenvalue weighted by Crippen LogP contribution is 2.34. The van der Waals surface area contributed by atoms with E-state index in [1.54, 1.807) is 30.6 Å². The van der Waals surface area contributed by atoms with Gasteiger partial charge in [0.15, 0.2) is 0 Å². The van der Waals surface area contributed by atoms with Crippen molar-refractivity contribution in [1.82, 2.24) is 14.7 Å². The number of nitrogens with one attached hydrogen (secondary N) is 2. The maximum absolute atomic E-state index is 12.8. The number of sulfonamides is 1. The third kappa shape index (κ3) is 3.90. The second-order valence-corrected chi connectivity index (χ2v) is 8.54. The van der Waals surface area contributed by atoms with Crippen LogP contribution in [0.15, 0.2) is 65.8 Å². The van der Waals surface area contributed by atoms with Gasteiger partial charge in [-0.15, -0.1) is 0 Å². The highest BCUT2D eigenvalue weighted by molar-refractivity contribution is 7.89. The lowest BCUT2D eigenvalue weighted by Crippen LogP contribution is -2.27. The number of rotatable bonds is 6. The molecular weight excluding hydrogens is 372 g/mol. The van der Waals surface area contributed by atoms with Crippen molar-refractivity contribution >= 4 is 21.7 Å². The van der Waals surface area contributed by atoms with Gasteiger partial charge in [-0.1, -0.05) is 25.1 Å². The summed E-state index contributed by atoms with van der Waals surface area (Å²) >= 11 is 0. The van der Waals surface area contributed by atoms with Crippen molar-refractivity contribution in [3.05, 3.63) is 77.6 Å². The Bertz CT molecular complexity index is 1070. The normalized spacial score (nSPS) is 16.0. The molecule has 1 heterocycles. The van der Waals surface area contributed by atoms with Gasteiger partial charge in [0, 0.05) is 24.1 Å². The van der Waals surface area contributed by atoms with Gasteiger partial charge in [-0.3, -0.25) is 0 Å². The molecule has 3 aromatic rings. The molecule has 144 valence electrons. The summed E-state index contributed by atoms with van der Waals surface area (Å²) in [7, 11) is -3.58. The van der Waals surface area contributed by atoms with Crippen LogP contribution in [0.2, 0.25) is 0 Å². The first-order valence-corrected chi connectivity index (χ1v) is 10.8. The van der Waals surface area contributed by atoms with Crippen LogP contribution in [0.3, 0.4) is 0 Å². The Balaban J connectivity index is 1.55. The van der Waals surface area contributed by atoms with Crippen LogP contribution in [-0.2, 0) is 22.9 Å². The SMILES string of the molecule is CCc1ccc(S(=O)(=O)NC2CCc3ccc(Nc4ncccn4)cc32)cc1. The van der Waals surface area contributed by atoms with Crippen LogP contribution in [0.1, 0.15) is 36.1 Å². The van der Waals surface area contributed by atoms with E-state index in [1.165, 1.54) is 0 Å². The van der Waals surface area contributed by atoms with Crippen molar-refractivity contribution in [2.24, 2.45) is 0 Å². The standard InChI is InChI=1S/C21H22N4O2S/c1-2-15-4-9-18(10-5-15)28(26,27)25-20-11-7-16-6-8-17(14-19(16)20)24-21-22-12-3-13-23-21/h3-6,8-10,12-14,20,25H,2,7,11H2,1H3,(H,22,23,24). The molecule has 1 aliphatic rings.